The lowest BCUT2D eigenvalue weighted by Gasteiger charge is -2.17. The summed E-state index contributed by atoms with van der Waals surface area (Å²) in [6, 6.07) is 127. The van der Waals surface area contributed by atoms with Gasteiger partial charge in [-0.15, -0.1) is 0 Å². The van der Waals surface area contributed by atoms with Crippen LogP contribution in [0.1, 0.15) is 89.0 Å². The third-order valence-electron chi connectivity index (χ3n) is 19.6. The standard InChI is InChI=1S/C103H64O5/c104-101-95(73-31-13-3-14-32-73)89(79-55-51-71(52-56-79)49-47-69-27-9-1-10-28-69)91(97(101)75-35-17-5-18-36-75)81-59-63-85(64-60-81)107-87-45-25-43-83(67-87)93-94(100(78-41-23-8-24-42-78)103(106)99(93)77-39-21-7-22-40-77)84-44-26-46-88(68-84)108-86-65-61-82(62-66-86)92-90(80-57-53-72(54-58-80)50-48-70-29-11-2-12-30-70)96(74-33-15-4-16-34-74)102(105)98(92)76-37-19-6-20-38-76/h1-46,51-68H. The van der Waals surface area contributed by atoms with Crippen molar-refractivity contribution >= 4 is 84.2 Å². The van der Waals surface area contributed by atoms with Crippen LogP contribution >= 0.6 is 0 Å². The molecule has 14 aromatic rings. The first-order valence-electron chi connectivity index (χ1n) is 35.9. The Labute approximate surface area is 628 Å². The summed E-state index contributed by atoms with van der Waals surface area (Å²) in [5.74, 6) is 15.2. The van der Waals surface area contributed by atoms with Gasteiger partial charge in [-0.3, -0.25) is 14.4 Å². The van der Waals surface area contributed by atoms with E-state index in [0.29, 0.717) is 56.4 Å². The molecule has 14 aromatic carbocycles. The van der Waals surface area contributed by atoms with E-state index in [-0.39, 0.29) is 17.3 Å². The van der Waals surface area contributed by atoms with Crippen molar-refractivity contribution in [3.63, 3.8) is 0 Å². The molecule has 5 nitrogen and oxygen atoms in total. The normalized spacial score (nSPS) is 13.4. The summed E-state index contributed by atoms with van der Waals surface area (Å²) in [4.78, 5) is 46.4. The minimum atomic E-state index is -0.113. The Morgan fingerprint density at radius 3 is 0.574 bits per heavy atom. The van der Waals surface area contributed by atoms with Crippen molar-refractivity contribution in [3.05, 3.63) is 477 Å². The molecule has 0 aliphatic heterocycles. The monoisotopic (exact) mass is 1380 g/mol. The molecule has 0 spiro atoms. The lowest BCUT2D eigenvalue weighted by molar-refractivity contribution is -0.109. The zero-order valence-corrected chi connectivity index (χ0v) is 58.5. The second-order valence-corrected chi connectivity index (χ2v) is 26.4. The van der Waals surface area contributed by atoms with Gasteiger partial charge in [0, 0.05) is 89.1 Å². The van der Waals surface area contributed by atoms with Crippen LogP contribution in [0.5, 0.6) is 23.0 Å². The Balaban J connectivity index is 0.715. The Hall–Kier alpha value is -14.8. The lowest BCUT2D eigenvalue weighted by atomic mass is 9.89. The van der Waals surface area contributed by atoms with Crippen LogP contribution in [0.3, 0.4) is 0 Å². The van der Waals surface area contributed by atoms with Crippen molar-refractivity contribution in [1.82, 2.24) is 0 Å². The van der Waals surface area contributed by atoms with E-state index in [1.54, 1.807) is 0 Å². The number of carbonyl (C=O) groups is 3. The summed E-state index contributed by atoms with van der Waals surface area (Å²) in [6.07, 6.45) is 0. The molecule has 17 rings (SSSR count). The lowest BCUT2D eigenvalue weighted by Crippen LogP contribution is -2.01. The third-order valence-corrected chi connectivity index (χ3v) is 19.6. The molecule has 108 heavy (non-hydrogen) atoms. The topological polar surface area (TPSA) is 69.7 Å². The van der Waals surface area contributed by atoms with Gasteiger partial charge in [-0.05, 0) is 164 Å². The van der Waals surface area contributed by atoms with E-state index in [1.807, 2.05) is 364 Å². The maximum atomic E-state index is 15.7. The van der Waals surface area contributed by atoms with E-state index >= 15 is 14.4 Å². The van der Waals surface area contributed by atoms with E-state index in [1.165, 1.54) is 0 Å². The van der Waals surface area contributed by atoms with E-state index < -0.39 is 0 Å². The molecule has 0 bridgehead atoms. The second-order valence-electron chi connectivity index (χ2n) is 26.4. The molecule has 0 saturated carbocycles. The molecule has 5 heteroatoms. The first-order valence-corrected chi connectivity index (χ1v) is 35.9. The summed E-state index contributed by atoms with van der Waals surface area (Å²) in [5, 5.41) is 0. The van der Waals surface area contributed by atoms with Gasteiger partial charge >= 0.3 is 0 Å². The highest BCUT2D eigenvalue weighted by atomic mass is 16.5. The number of hydrogen-bond acceptors (Lipinski definition) is 5. The molecule has 0 atom stereocenters. The third kappa shape index (κ3) is 13.4. The Morgan fingerprint density at radius 2 is 0.333 bits per heavy atom. The summed E-state index contributed by atoms with van der Waals surface area (Å²) in [6.45, 7) is 0. The fourth-order valence-corrected chi connectivity index (χ4v) is 14.7. The highest BCUT2D eigenvalue weighted by Gasteiger charge is 2.39. The predicted octanol–water partition coefficient (Wildman–Crippen LogP) is 23.4. The number of benzene rings is 14. The molecule has 0 saturated heterocycles. The highest BCUT2D eigenvalue weighted by Crippen LogP contribution is 2.54. The molecule has 0 fully saturated rings. The van der Waals surface area contributed by atoms with Crippen molar-refractivity contribution in [2.45, 2.75) is 0 Å². The van der Waals surface area contributed by atoms with E-state index in [4.69, 9.17) is 9.47 Å². The van der Waals surface area contributed by atoms with Gasteiger partial charge in [0.15, 0.2) is 17.3 Å². The maximum Gasteiger partial charge on any atom is 0.195 e. The second kappa shape index (κ2) is 29.9. The predicted molar refractivity (Wildman–Crippen MR) is 438 cm³/mol. The maximum absolute atomic E-state index is 15.7. The smallest absolute Gasteiger partial charge is 0.195 e. The number of ether oxygens (including phenoxy) is 2. The van der Waals surface area contributed by atoms with Crippen LogP contribution in [0.4, 0.5) is 0 Å². The van der Waals surface area contributed by atoms with Crippen molar-refractivity contribution in [3.8, 4) is 46.7 Å². The molecule has 0 heterocycles. The van der Waals surface area contributed by atoms with Gasteiger partial charge in [0.2, 0.25) is 0 Å². The average Bonchev–Trinajstić information content (AvgIpc) is 1.60. The number of hydrogen-bond donors (Lipinski definition) is 0. The van der Waals surface area contributed by atoms with Gasteiger partial charge in [-0.25, -0.2) is 0 Å². The van der Waals surface area contributed by atoms with E-state index in [2.05, 4.69) is 47.9 Å². The van der Waals surface area contributed by atoms with Crippen LogP contribution in [-0.4, -0.2) is 17.3 Å². The SMILES string of the molecule is O=C1C(c2ccccc2)=C(c2ccc(C#Cc3ccccc3)cc2)C(c2ccc(Oc3cccc(C4=C(c5ccccc5)C(=O)C(c5ccccc5)=C4c4cccc(Oc5ccc(C6=C(c7ccccc7)C(=O)C(c7ccccc7)=C6c6ccc(C#Cc7ccccc7)cc6)cc5)c4)c3)cc2)=C1c1ccccc1. The van der Waals surface area contributed by atoms with Crippen molar-refractivity contribution in [1.29, 1.82) is 0 Å². The quantitative estimate of drug-likeness (QED) is 0.0902. The molecule has 0 amide bonds. The van der Waals surface area contributed by atoms with Crippen molar-refractivity contribution < 1.29 is 23.9 Å². The molecular formula is C103H64O5. The minimum absolute atomic E-state index is 0.0588. The van der Waals surface area contributed by atoms with Crippen LogP contribution in [0.15, 0.2) is 388 Å². The average molecular weight is 1380 g/mol. The number of Topliss-reactive ketones (excluding diaryl/α,β-unsaturated/α-hetero) is 3. The summed E-state index contributed by atoms with van der Waals surface area (Å²) in [5.41, 5.74) is 21.8. The largest absolute Gasteiger partial charge is 0.457 e. The zero-order chi connectivity index (χ0) is 72.7. The Morgan fingerprint density at radius 1 is 0.148 bits per heavy atom. The van der Waals surface area contributed by atoms with Gasteiger partial charge < -0.3 is 9.47 Å². The van der Waals surface area contributed by atoms with Crippen LogP contribution in [0.2, 0.25) is 0 Å². The molecule has 0 N–H and O–H groups in total. The number of allylic oxidation sites excluding steroid dienone is 12. The van der Waals surface area contributed by atoms with Gasteiger partial charge in [0.25, 0.3) is 0 Å². The van der Waals surface area contributed by atoms with Gasteiger partial charge in [0.1, 0.15) is 23.0 Å². The van der Waals surface area contributed by atoms with Gasteiger partial charge in [0.05, 0.1) is 0 Å². The number of ketones is 3. The minimum Gasteiger partial charge on any atom is -0.457 e. The van der Waals surface area contributed by atoms with Crippen LogP contribution in [-0.2, 0) is 14.4 Å². The number of rotatable bonds is 16. The first-order chi connectivity index (χ1) is 53.3. The van der Waals surface area contributed by atoms with Gasteiger partial charge in [-0.2, -0.15) is 0 Å². The molecule has 0 unspecified atom stereocenters. The van der Waals surface area contributed by atoms with Crippen LogP contribution in [0, 0.1) is 23.7 Å². The Bertz CT molecular complexity index is 5770. The molecule has 506 valence electrons. The molecule has 3 aliphatic carbocycles. The molecule has 3 aliphatic rings. The molecule has 0 radical (unpaired) electrons. The zero-order valence-electron chi connectivity index (χ0n) is 58.5. The Kier molecular flexibility index (Phi) is 18.4. The molecular weight excluding hydrogens is 1320 g/mol. The summed E-state index contributed by atoms with van der Waals surface area (Å²) in [7, 11) is 0. The fraction of sp³-hybridized carbons (Fsp3) is 0. The highest BCUT2D eigenvalue weighted by molar-refractivity contribution is 6.61. The van der Waals surface area contributed by atoms with Crippen molar-refractivity contribution in [2.24, 2.45) is 0 Å². The summed E-state index contributed by atoms with van der Waals surface area (Å²) >= 11 is 0. The molecule has 0 aromatic heterocycles. The first kappa shape index (κ1) is 66.5. The summed E-state index contributed by atoms with van der Waals surface area (Å²) < 4.78 is 13.8. The van der Waals surface area contributed by atoms with Crippen LogP contribution in [0.25, 0.3) is 66.9 Å². The van der Waals surface area contributed by atoms with Crippen molar-refractivity contribution in [2.75, 3.05) is 0 Å². The van der Waals surface area contributed by atoms with E-state index in [9.17, 15) is 0 Å². The van der Waals surface area contributed by atoms with Crippen LogP contribution < -0.4 is 9.47 Å². The van der Waals surface area contributed by atoms with Gasteiger partial charge in [-0.1, -0.05) is 315 Å². The number of carbonyl (C=O) groups excluding carboxylic acids is 3. The fourth-order valence-electron chi connectivity index (χ4n) is 14.7. The van der Waals surface area contributed by atoms with E-state index in [0.717, 1.165) is 122 Å².